The van der Waals surface area contributed by atoms with E-state index in [2.05, 4.69) is 38.1 Å². The van der Waals surface area contributed by atoms with Crippen LogP contribution in [0.25, 0.3) is 0 Å². The molecule has 1 aliphatic heterocycles. The third kappa shape index (κ3) is 3.44. The van der Waals surface area contributed by atoms with Crippen molar-refractivity contribution >= 4 is 11.6 Å². The molecule has 0 spiro atoms. The molecule has 23 heavy (non-hydrogen) atoms. The molecule has 1 aliphatic rings. The molecule has 0 aliphatic carbocycles. The molecule has 1 N–H and O–H groups in total. The highest BCUT2D eigenvalue weighted by Gasteiger charge is 2.27. The summed E-state index contributed by atoms with van der Waals surface area (Å²) in [4.78, 5) is 14.4. The zero-order valence-corrected chi connectivity index (χ0v) is 14.2. The summed E-state index contributed by atoms with van der Waals surface area (Å²) in [5.74, 6) is 0.00937. The number of aromatic nitrogens is 4. The number of likely N-dealkylation sites (tertiary alicyclic amines) is 1. The molecule has 1 unspecified atom stereocenters. The van der Waals surface area contributed by atoms with Crippen LogP contribution in [0.3, 0.4) is 0 Å². The number of hydrogen-bond donors (Lipinski definition) is 1. The Balaban J connectivity index is 1.56. The summed E-state index contributed by atoms with van der Waals surface area (Å²) in [6, 6.07) is 2.46. The van der Waals surface area contributed by atoms with Crippen LogP contribution in [-0.2, 0) is 11.8 Å². The van der Waals surface area contributed by atoms with E-state index in [9.17, 15) is 4.79 Å². The summed E-state index contributed by atoms with van der Waals surface area (Å²) < 4.78 is 3.80. The lowest BCUT2D eigenvalue weighted by Gasteiger charge is -2.16. The molecule has 2 aromatic heterocycles. The van der Waals surface area contributed by atoms with Crippen LogP contribution in [0, 0.1) is 20.8 Å². The molecule has 1 saturated heterocycles. The van der Waals surface area contributed by atoms with Crippen molar-refractivity contribution in [1.29, 1.82) is 0 Å². The maximum Gasteiger partial charge on any atom is 0.238 e. The fourth-order valence-electron chi connectivity index (χ4n) is 3.29. The minimum atomic E-state index is 0.00937. The molecule has 0 bridgehead atoms. The van der Waals surface area contributed by atoms with Crippen molar-refractivity contribution in [3.63, 3.8) is 0 Å². The smallest absolute Gasteiger partial charge is 0.238 e. The molecule has 0 aromatic carbocycles. The van der Waals surface area contributed by atoms with Gasteiger partial charge in [-0.2, -0.15) is 10.2 Å². The quantitative estimate of drug-likeness (QED) is 0.926. The maximum atomic E-state index is 12.2. The van der Waals surface area contributed by atoms with E-state index in [1.54, 1.807) is 4.68 Å². The van der Waals surface area contributed by atoms with E-state index < -0.39 is 0 Å². The Kier molecular flexibility index (Phi) is 4.21. The van der Waals surface area contributed by atoms with Crippen LogP contribution in [-0.4, -0.2) is 50.0 Å². The summed E-state index contributed by atoms with van der Waals surface area (Å²) in [6.45, 7) is 8.18. The number of nitrogens with zero attached hydrogens (tertiary/aromatic N) is 5. The Morgan fingerprint density at radius 1 is 1.35 bits per heavy atom. The fourth-order valence-corrected chi connectivity index (χ4v) is 3.29. The van der Waals surface area contributed by atoms with Crippen molar-refractivity contribution in [2.24, 2.45) is 7.05 Å². The highest BCUT2D eigenvalue weighted by molar-refractivity contribution is 5.92. The van der Waals surface area contributed by atoms with E-state index in [4.69, 9.17) is 0 Å². The number of anilines is 1. The fraction of sp³-hybridized carbons (Fsp3) is 0.562. The van der Waals surface area contributed by atoms with Crippen molar-refractivity contribution in [2.75, 3.05) is 25.0 Å². The second-order valence-electron chi connectivity index (χ2n) is 6.40. The van der Waals surface area contributed by atoms with Gasteiger partial charge in [0.15, 0.2) is 0 Å². The highest BCUT2D eigenvalue weighted by atomic mass is 16.2. The number of carbonyl (C=O) groups excluding carboxylic acids is 1. The van der Waals surface area contributed by atoms with Gasteiger partial charge in [0.2, 0.25) is 5.91 Å². The molecule has 0 radical (unpaired) electrons. The number of rotatable bonds is 4. The molecule has 1 fully saturated rings. The number of hydrogen-bond acceptors (Lipinski definition) is 4. The third-order valence-electron chi connectivity index (χ3n) is 4.29. The lowest BCUT2D eigenvalue weighted by molar-refractivity contribution is -0.117. The van der Waals surface area contributed by atoms with Gasteiger partial charge in [0.1, 0.15) is 0 Å². The normalized spacial score (nSPS) is 18.5. The predicted octanol–water partition coefficient (Wildman–Crippen LogP) is 1.43. The largest absolute Gasteiger partial charge is 0.322 e. The molecule has 3 rings (SSSR count). The summed E-state index contributed by atoms with van der Waals surface area (Å²) in [5, 5.41) is 11.7. The summed E-state index contributed by atoms with van der Waals surface area (Å²) >= 11 is 0. The Morgan fingerprint density at radius 2 is 2.13 bits per heavy atom. The molecular formula is C16H24N6O. The number of amides is 1. The van der Waals surface area contributed by atoms with Gasteiger partial charge in [-0.05, 0) is 33.3 Å². The summed E-state index contributed by atoms with van der Waals surface area (Å²) in [7, 11) is 1.85. The SMILES string of the molecule is Cc1cc(C)n(C2CCN(CC(=O)Nc3cn(C)nc3C)C2)n1. The van der Waals surface area contributed by atoms with Crippen LogP contribution in [0.15, 0.2) is 12.3 Å². The van der Waals surface area contributed by atoms with Crippen LogP contribution in [0.1, 0.15) is 29.5 Å². The van der Waals surface area contributed by atoms with E-state index >= 15 is 0 Å². The molecule has 2 aromatic rings. The van der Waals surface area contributed by atoms with Gasteiger partial charge in [-0.3, -0.25) is 19.1 Å². The second kappa shape index (κ2) is 6.16. The molecule has 7 nitrogen and oxygen atoms in total. The number of carbonyl (C=O) groups is 1. The first-order valence-corrected chi connectivity index (χ1v) is 7.97. The Hall–Kier alpha value is -2.15. The topological polar surface area (TPSA) is 68.0 Å². The van der Waals surface area contributed by atoms with Crippen molar-refractivity contribution in [1.82, 2.24) is 24.5 Å². The lowest BCUT2D eigenvalue weighted by Crippen LogP contribution is -2.32. The van der Waals surface area contributed by atoms with Gasteiger partial charge >= 0.3 is 0 Å². The number of aryl methyl sites for hydroxylation is 4. The average Bonchev–Trinajstić information content (AvgIpc) is 3.11. The van der Waals surface area contributed by atoms with Gasteiger partial charge in [-0.1, -0.05) is 0 Å². The van der Waals surface area contributed by atoms with Gasteiger partial charge in [-0.15, -0.1) is 0 Å². The highest BCUT2D eigenvalue weighted by Crippen LogP contribution is 2.23. The minimum Gasteiger partial charge on any atom is -0.322 e. The molecule has 124 valence electrons. The van der Waals surface area contributed by atoms with Crippen LogP contribution in [0.4, 0.5) is 5.69 Å². The Bertz CT molecular complexity index is 716. The first kappa shape index (κ1) is 15.7. The van der Waals surface area contributed by atoms with Gasteiger partial charge < -0.3 is 5.32 Å². The minimum absolute atomic E-state index is 0.00937. The van der Waals surface area contributed by atoms with Crippen molar-refractivity contribution < 1.29 is 4.79 Å². The van der Waals surface area contributed by atoms with Crippen molar-refractivity contribution in [3.8, 4) is 0 Å². The second-order valence-corrected chi connectivity index (χ2v) is 6.40. The van der Waals surface area contributed by atoms with Crippen LogP contribution in [0.5, 0.6) is 0 Å². The molecular weight excluding hydrogens is 292 g/mol. The lowest BCUT2D eigenvalue weighted by atomic mass is 10.2. The predicted molar refractivity (Wildman–Crippen MR) is 88.4 cm³/mol. The Labute approximate surface area is 136 Å². The monoisotopic (exact) mass is 316 g/mol. The third-order valence-corrected chi connectivity index (χ3v) is 4.29. The van der Waals surface area contributed by atoms with Crippen LogP contribution in [0.2, 0.25) is 0 Å². The van der Waals surface area contributed by atoms with Crippen LogP contribution < -0.4 is 5.32 Å². The molecule has 0 saturated carbocycles. The van der Waals surface area contributed by atoms with Crippen LogP contribution >= 0.6 is 0 Å². The zero-order valence-electron chi connectivity index (χ0n) is 14.2. The van der Waals surface area contributed by atoms with E-state index in [1.807, 2.05) is 27.1 Å². The van der Waals surface area contributed by atoms with Gasteiger partial charge in [0, 0.05) is 32.0 Å². The van der Waals surface area contributed by atoms with E-state index in [0.717, 1.165) is 36.6 Å². The van der Waals surface area contributed by atoms with Crippen molar-refractivity contribution in [3.05, 3.63) is 29.3 Å². The van der Waals surface area contributed by atoms with Crippen molar-refractivity contribution in [2.45, 2.75) is 33.2 Å². The molecule has 1 atom stereocenters. The first-order chi connectivity index (χ1) is 10.9. The van der Waals surface area contributed by atoms with Gasteiger partial charge in [-0.25, -0.2) is 0 Å². The summed E-state index contributed by atoms with van der Waals surface area (Å²) in [5.41, 5.74) is 3.85. The van der Waals surface area contributed by atoms with Gasteiger partial charge in [0.25, 0.3) is 0 Å². The van der Waals surface area contributed by atoms with E-state index in [0.29, 0.717) is 12.6 Å². The standard InChI is InChI=1S/C16H24N6O/c1-11-7-12(2)22(18-11)14-5-6-21(8-14)10-16(23)17-15-9-20(4)19-13(15)3/h7,9,14H,5-6,8,10H2,1-4H3,(H,17,23). The van der Waals surface area contributed by atoms with Gasteiger partial charge in [0.05, 0.1) is 29.7 Å². The molecule has 3 heterocycles. The Morgan fingerprint density at radius 3 is 2.74 bits per heavy atom. The average molecular weight is 316 g/mol. The van der Waals surface area contributed by atoms with E-state index in [-0.39, 0.29) is 5.91 Å². The molecule has 7 heteroatoms. The summed E-state index contributed by atoms with van der Waals surface area (Å²) in [6.07, 6.45) is 2.86. The number of nitrogens with one attached hydrogen (secondary N) is 1. The molecule has 1 amide bonds. The maximum absolute atomic E-state index is 12.2. The zero-order chi connectivity index (χ0) is 16.6. The first-order valence-electron chi connectivity index (χ1n) is 7.97. The van der Waals surface area contributed by atoms with E-state index in [1.165, 1.54) is 5.69 Å².